The van der Waals surface area contributed by atoms with Gasteiger partial charge in [-0.2, -0.15) is 0 Å². The fourth-order valence-electron chi connectivity index (χ4n) is 6.43. The summed E-state index contributed by atoms with van der Waals surface area (Å²) in [6, 6.07) is 19.6. The molecule has 3 aromatic rings. The maximum atomic E-state index is 12.0. The first kappa shape index (κ1) is 27.8. The van der Waals surface area contributed by atoms with Crippen molar-refractivity contribution >= 4 is 21.5 Å². The Morgan fingerprint density at radius 1 is 0.976 bits per heavy atom. The lowest BCUT2D eigenvalue weighted by Gasteiger charge is -2.24. The topological polar surface area (TPSA) is 81.7 Å². The molecule has 1 saturated carbocycles. The van der Waals surface area contributed by atoms with Crippen LogP contribution in [0.1, 0.15) is 66.3 Å². The van der Waals surface area contributed by atoms with Crippen LogP contribution in [0, 0.1) is 12.8 Å². The van der Waals surface area contributed by atoms with E-state index in [1.807, 2.05) is 6.92 Å². The number of carbonyl (C=O) groups is 1. The van der Waals surface area contributed by atoms with E-state index in [0.29, 0.717) is 19.4 Å². The van der Waals surface area contributed by atoms with Crippen LogP contribution in [-0.2, 0) is 38.8 Å². The van der Waals surface area contributed by atoms with Gasteiger partial charge in [-0.05, 0) is 128 Å². The van der Waals surface area contributed by atoms with E-state index in [1.54, 1.807) is 0 Å². The first-order valence-electron chi connectivity index (χ1n) is 14.9. The summed E-state index contributed by atoms with van der Waals surface area (Å²) in [5.74, 6) is 1.49. The van der Waals surface area contributed by atoms with Gasteiger partial charge in [0.1, 0.15) is 11.9 Å². The Bertz CT molecular complexity index is 1530. The monoisotopic (exact) mass is 573 g/mol. The maximum Gasteiger partial charge on any atom is 0.309 e. The van der Waals surface area contributed by atoms with Gasteiger partial charge in [0.25, 0.3) is 0 Å². The molecule has 0 amide bonds. The number of nitrogens with one attached hydrogen (secondary N) is 1. The molecule has 1 saturated heterocycles. The third-order valence-corrected chi connectivity index (χ3v) is 10.5. The molecule has 1 heterocycles. The second kappa shape index (κ2) is 11.5. The average molecular weight is 574 g/mol. The SMILES string of the molecule is CCOC(=O)[C@H]1C[C@@H]1c1ccc(NCc2ccc3c(c2)-c2c(C)cc(OC4CCS(=O)(=O)CC4)cc2CCC3)cc1. The zero-order valence-electron chi connectivity index (χ0n) is 23.9. The molecule has 2 fully saturated rings. The fraction of sp³-hybridized carbons (Fsp3) is 0.441. The first-order valence-corrected chi connectivity index (χ1v) is 16.7. The third-order valence-electron chi connectivity index (χ3n) is 8.75. The zero-order valence-corrected chi connectivity index (χ0v) is 24.8. The number of carbonyl (C=O) groups excluding carboxylic acids is 1. The van der Waals surface area contributed by atoms with Crippen LogP contribution >= 0.6 is 0 Å². The van der Waals surface area contributed by atoms with Crippen LogP contribution in [0.2, 0.25) is 0 Å². The van der Waals surface area contributed by atoms with Crippen LogP contribution in [-0.4, -0.2) is 38.6 Å². The van der Waals surface area contributed by atoms with Crippen molar-refractivity contribution in [2.45, 2.75) is 70.9 Å². The number of benzene rings is 3. The van der Waals surface area contributed by atoms with Gasteiger partial charge in [0.15, 0.2) is 9.84 Å². The second-order valence-electron chi connectivity index (χ2n) is 11.8. The number of ether oxygens (including phenoxy) is 2. The number of sulfone groups is 1. The summed E-state index contributed by atoms with van der Waals surface area (Å²) in [6.07, 6.45) is 5.10. The molecule has 3 aromatic carbocycles. The molecular formula is C34H39NO5S. The van der Waals surface area contributed by atoms with Gasteiger partial charge in [-0.1, -0.05) is 24.3 Å². The summed E-state index contributed by atoms with van der Waals surface area (Å²) >= 11 is 0. The predicted octanol–water partition coefficient (Wildman–Crippen LogP) is 6.39. The van der Waals surface area contributed by atoms with E-state index in [-0.39, 0.29) is 35.4 Å². The Hall–Kier alpha value is -3.32. The van der Waals surface area contributed by atoms with E-state index in [2.05, 4.69) is 66.8 Å². The van der Waals surface area contributed by atoms with E-state index in [1.165, 1.54) is 38.9 Å². The van der Waals surface area contributed by atoms with Gasteiger partial charge in [-0.15, -0.1) is 0 Å². The highest BCUT2D eigenvalue weighted by molar-refractivity contribution is 7.91. The van der Waals surface area contributed by atoms with Crippen molar-refractivity contribution in [1.82, 2.24) is 0 Å². The molecule has 6 nitrogen and oxygen atoms in total. The normalized spacial score (nSPS) is 21.2. The number of hydrogen-bond donors (Lipinski definition) is 1. The Morgan fingerprint density at radius 3 is 2.49 bits per heavy atom. The fourth-order valence-corrected chi connectivity index (χ4v) is 7.88. The van der Waals surface area contributed by atoms with Crippen LogP contribution in [0.5, 0.6) is 5.75 Å². The molecular weight excluding hydrogens is 534 g/mol. The quantitative estimate of drug-likeness (QED) is 0.315. The van der Waals surface area contributed by atoms with Crippen molar-refractivity contribution in [3.8, 4) is 16.9 Å². The second-order valence-corrected chi connectivity index (χ2v) is 14.1. The largest absolute Gasteiger partial charge is 0.490 e. The molecule has 0 unspecified atom stereocenters. The lowest BCUT2D eigenvalue weighted by Crippen LogP contribution is -2.30. The minimum atomic E-state index is -2.91. The molecule has 0 radical (unpaired) electrons. The van der Waals surface area contributed by atoms with Crippen LogP contribution in [0.25, 0.3) is 11.1 Å². The highest BCUT2D eigenvalue weighted by atomic mass is 32.2. The molecule has 7 heteroatoms. The highest BCUT2D eigenvalue weighted by Crippen LogP contribution is 2.48. The molecule has 3 aliphatic rings. The Kier molecular flexibility index (Phi) is 7.82. The summed E-state index contributed by atoms with van der Waals surface area (Å²) in [5, 5.41) is 3.57. The third kappa shape index (κ3) is 6.30. The Labute approximate surface area is 243 Å². The number of esters is 1. The molecule has 41 heavy (non-hydrogen) atoms. The van der Waals surface area contributed by atoms with Crippen LogP contribution in [0.4, 0.5) is 5.69 Å². The van der Waals surface area contributed by atoms with Gasteiger partial charge in [0.2, 0.25) is 0 Å². The number of rotatable bonds is 8. The number of anilines is 1. The maximum absolute atomic E-state index is 12.0. The van der Waals surface area contributed by atoms with Gasteiger partial charge in [-0.3, -0.25) is 4.79 Å². The van der Waals surface area contributed by atoms with Crippen molar-refractivity contribution in [2.75, 3.05) is 23.4 Å². The minimum Gasteiger partial charge on any atom is -0.490 e. The molecule has 0 aromatic heterocycles. The molecule has 216 valence electrons. The molecule has 1 N–H and O–H groups in total. The number of fused-ring (bicyclic) bond motifs is 3. The molecule has 6 rings (SSSR count). The van der Waals surface area contributed by atoms with Gasteiger partial charge < -0.3 is 14.8 Å². The van der Waals surface area contributed by atoms with Gasteiger partial charge in [0.05, 0.1) is 24.0 Å². The van der Waals surface area contributed by atoms with Crippen LogP contribution in [0.3, 0.4) is 0 Å². The minimum absolute atomic E-state index is 0.00777. The van der Waals surface area contributed by atoms with Crippen LogP contribution < -0.4 is 10.1 Å². The van der Waals surface area contributed by atoms with E-state index in [0.717, 1.165) is 43.7 Å². The van der Waals surface area contributed by atoms with Crippen LogP contribution in [0.15, 0.2) is 54.6 Å². The van der Waals surface area contributed by atoms with Crippen molar-refractivity contribution in [3.63, 3.8) is 0 Å². The number of aryl methyl sites for hydroxylation is 3. The van der Waals surface area contributed by atoms with Gasteiger partial charge in [0, 0.05) is 12.2 Å². The smallest absolute Gasteiger partial charge is 0.309 e. The lowest BCUT2D eigenvalue weighted by molar-refractivity contribution is -0.144. The van der Waals surface area contributed by atoms with Gasteiger partial charge in [-0.25, -0.2) is 8.42 Å². The summed E-state index contributed by atoms with van der Waals surface area (Å²) in [4.78, 5) is 12.0. The molecule has 0 spiro atoms. The van der Waals surface area contributed by atoms with E-state index < -0.39 is 9.84 Å². The Balaban J connectivity index is 1.14. The van der Waals surface area contributed by atoms with E-state index in [4.69, 9.17) is 9.47 Å². The number of hydrogen-bond acceptors (Lipinski definition) is 6. The van der Waals surface area contributed by atoms with Crippen molar-refractivity contribution in [3.05, 3.63) is 82.4 Å². The predicted molar refractivity (Wildman–Crippen MR) is 162 cm³/mol. The average Bonchev–Trinajstić information content (AvgIpc) is 3.77. The molecule has 2 aliphatic carbocycles. The van der Waals surface area contributed by atoms with Crippen molar-refractivity contribution in [2.24, 2.45) is 5.92 Å². The standard InChI is InChI=1S/C34H39NO5S/c1-3-39-34(36)32-20-30(32)25-9-11-27(12-10-25)35-21-23-7-8-24-5-4-6-26-19-29(17-22(2)33(26)31(24)18-23)40-28-13-15-41(37,38)16-14-28/h7-12,17-19,28,30,32,35H,3-6,13-16,20-21H2,1-2H3/t30-,32+/m1/s1. The van der Waals surface area contributed by atoms with Crippen molar-refractivity contribution < 1.29 is 22.7 Å². The molecule has 2 atom stereocenters. The molecule has 1 aliphatic heterocycles. The van der Waals surface area contributed by atoms with E-state index in [9.17, 15) is 13.2 Å². The molecule has 0 bridgehead atoms. The highest BCUT2D eigenvalue weighted by Gasteiger charge is 2.45. The van der Waals surface area contributed by atoms with Crippen molar-refractivity contribution in [1.29, 1.82) is 0 Å². The summed E-state index contributed by atoms with van der Waals surface area (Å²) in [5.41, 5.74) is 9.99. The summed E-state index contributed by atoms with van der Waals surface area (Å²) < 4.78 is 35.1. The lowest BCUT2D eigenvalue weighted by atomic mass is 9.91. The Morgan fingerprint density at radius 2 is 1.73 bits per heavy atom. The summed E-state index contributed by atoms with van der Waals surface area (Å²) in [6.45, 7) is 5.17. The van der Waals surface area contributed by atoms with Gasteiger partial charge >= 0.3 is 5.97 Å². The summed E-state index contributed by atoms with van der Waals surface area (Å²) in [7, 11) is -2.91. The zero-order chi connectivity index (χ0) is 28.6. The first-order chi connectivity index (χ1) is 19.8. The van der Waals surface area contributed by atoms with E-state index >= 15 is 0 Å².